The molecule has 5 nitrogen and oxygen atoms in total. The molecule has 1 atom stereocenters. The summed E-state index contributed by atoms with van der Waals surface area (Å²) < 4.78 is 13.4. The first-order valence-electron chi connectivity index (χ1n) is 6.37. The van der Waals surface area contributed by atoms with Crippen LogP contribution in [0.25, 0.3) is 0 Å². The van der Waals surface area contributed by atoms with Crippen LogP contribution in [0.3, 0.4) is 0 Å². The fraction of sp³-hybridized carbons (Fsp3) is 0.429. The minimum atomic E-state index is -1.35. The van der Waals surface area contributed by atoms with Gasteiger partial charge < -0.3 is 15.7 Å². The molecule has 0 bridgehead atoms. The zero-order chi connectivity index (χ0) is 15.3. The summed E-state index contributed by atoms with van der Waals surface area (Å²) in [6.45, 7) is 4.88. The van der Waals surface area contributed by atoms with Crippen LogP contribution in [-0.2, 0) is 4.79 Å². The lowest BCUT2D eigenvalue weighted by atomic mass is 9.97. The fourth-order valence-corrected chi connectivity index (χ4v) is 1.81. The van der Waals surface area contributed by atoms with Crippen molar-refractivity contribution < 1.29 is 19.1 Å². The van der Waals surface area contributed by atoms with E-state index in [1.54, 1.807) is 13.0 Å². The van der Waals surface area contributed by atoms with E-state index in [1.807, 2.05) is 6.92 Å². The smallest absolute Gasteiger partial charge is 0.329 e. The van der Waals surface area contributed by atoms with Gasteiger partial charge in [0, 0.05) is 5.69 Å². The fourth-order valence-electron chi connectivity index (χ4n) is 1.81. The SMILES string of the molecule is CCCC(C)(NC(=O)Nc1ccc(C)c(F)c1)C(=O)O. The number of hydrogen-bond donors (Lipinski definition) is 3. The highest BCUT2D eigenvalue weighted by molar-refractivity contribution is 5.93. The van der Waals surface area contributed by atoms with Crippen molar-refractivity contribution in [1.82, 2.24) is 5.32 Å². The van der Waals surface area contributed by atoms with E-state index in [9.17, 15) is 14.0 Å². The predicted octanol–water partition coefficient (Wildman–Crippen LogP) is 2.90. The number of hydrogen-bond acceptors (Lipinski definition) is 2. The molecule has 0 heterocycles. The van der Waals surface area contributed by atoms with Gasteiger partial charge in [0.1, 0.15) is 11.4 Å². The molecule has 0 saturated carbocycles. The average molecular weight is 282 g/mol. The Hall–Kier alpha value is -2.11. The monoisotopic (exact) mass is 282 g/mol. The van der Waals surface area contributed by atoms with Crippen molar-refractivity contribution in [2.24, 2.45) is 0 Å². The van der Waals surface area contributed by atoms with Gasteiger partial charge in [0.15, 0.2) is 0 Å². The zero-order valence-corrected chi connectivity index (χ0v) is 11.8. The summed E-state index contributed by atoms with van der Waals surface area (Å²) in [7, 11) is 0. The number of halogens is 1. The van der Waals surface area contributed by atoms with Crippen molar-refractivity contribution in [3.05, 3.63) is 29.6 Å². The average Bonchev–Trinajstić information content (AvgIpc) is 2.33. The lowest BCUT2D eigenvalue weighted by Gasteiger charge is -2.25. The van der Waals surface area contributed by atoms with Gasteiger partial charge in [-0.1, -0.05) is 19.4 Å². The van der Waals surface area contributed by atoms with Gasteiger partial charge in [-0.05, 0) is 38.0 Å². The molecule has 1 aromatic rings. The van der Waals surface area contributed by atoms with Gasteiger partial charge in [0.2, 0.25) is 0 Å². The van der Waals surface area contributed by atoms with Gasteiger partial charge >= 0.3 is 12.0 Å². The summed E-state index contributed by atoms with van der Waals surface area (Å²) >= 11 is 0. The number of carbonyl (C=O) groups is 2. The molecule has 1 unspecified atom stereocenters. The largest absolute Gasteiger partial charge is 0.480 e. The van der Waals surface area contributed by atoms with Crippen LogP contribution in [0.1, 0.15) is 32.3 Å². The normalized spacial score (nSPS) is 13.4. The standard InChI is InChI=1S/C14H19FN2O3/c1-4-7-14(3,12(18)19)17-13(20)16-10-6-5-9(2)11(15)8-10/h5-6,8H,4,7H2,1-3H3,(H,18,19)(H2,16,17,20). The maximum atomic E-state index is 13.4. The number of nitrogens with one attached hydrogen (secondary N) is 2. The number of amides is 2. The number of urea groups is 1. The third-order valence-corrected chi connectivity index (χ3v) is 3.04. The summed E-state index contributed by atoms with van der Waals surface area (Å²) in [5, 5.41) is 14.0. The molecule has 20 heavy (non-hydrogen) atoms. The predicted molar refractivity (Wildman–Crippen MR) is 74.2 cm³/mol. The summed E-state index contributed by atoms with van der Waals surface area (Å²) in [6, 6.07) is 3.60. The summed E-state index contributed by atoms with van der Waals surface area (Å²) in [6.07, 6.45) is 0.917. The molecule has 0 spiro atoms. The van der Waals surface area contributed by atoms with E-state index in [1.165, 1.54) is 19.1 Å². The van der Waals surface area contributed by atoms with E-state index >= 15 is 0 Å². The topological polar surface area (TPSA) is 78.4 Å². The molecule has 1 aromatic carbocycles. The number of carbonyl (C=O) groups excluding carboxylic acids is 1. The summed E-state index contributed by atoms with van der Waals surface area (Å²) in [5.74, 6) is -1.54. The maximum absolute atomic E-state index is 13.4. The van der Waals surface area contributed by atoms with E-state index in [-0.39, 0.29) is 5.69 Å². The summed E-state index contributed by atoms with van der Waals surface area (Å²) in [4.78, 5) is 23.0. The van der Waals surface area contributed by atoms with E-state index in [4.69, 9.17) is 5.11 Å². The Morgan fingerprint density at radius 2 is 2.05 bits per heavy atom. The zero-order valence-electron chi connectivity index (χ0n) is 11.8. The number of anilines is 1. The molecule has 0 radical (unpaired) electrons. The first-order chi connectivity index (χ1) is 9.28. The highest BCUT2D eigenvalue weighted by Gasteiger charge is 2.33. The second-order valence-electron chi connectivity index (χ2n) is 4.93. The number of rotatable bonds is 5. The van der Waals surface area contributed by atoms with Crippen molar-refractivity contribution in [2.75, 3.05) is 5.32 Å². The van der Waals surface area contributed by atoms with E-state index in [0.29, 0.717) is 18.4 Å². The van der Waals surface area contributed by atoms with Crippen LogP contribution in [-0.4, -0.2) is 22.6 Å². The molecule has 3 N–H and O–H groups in total. The van der Waals surface area contributed by atoms with Crippen molar-refractivity contribution in [3.63, 3.8) is 0 Å². The van der Waals surface area contributed by atoms with Crippen molar-refractivity contribution in [3.8, 4) is 0 Å². The Labute approximate surface area is 117 Å². The molecular weight excluding hydrogens is 263 g/mol. The first-order valence-corrected chi connectivity index (χ1v) is 6.37. The molecule has 0 aromatic heterocycles. The Balaban J connectivity index is 2.75. The van der Waals surface area contributed by atoms with Crippen LogP contribution >= 0.6 is 0 Å². The second-order valence-corrected chi connectivity index (χ2v) is 4.93. The maximum Gasteiger partial charge on any atom is 0.329 e. The van der Waals surface area contributed by atoms with Gasteiger partial charge in [-0.2, -0.15) is 0 Å². The van der Waals surface area contributed by atoms with E-state index < -0.39 is 23.4 Å². The highest BCUT2D eigenvalue weighted by atomic mass is 19.1. The van der Waals surface area contributed by atoms with Crippen LogP contribution in [0.2, 0.25) is 0 Å². The van der Waals surface area contributed by atoms with Gasteiger partial charge in [0.25, 0.3) is 0 Å². The quantitative estimate of drug-likeness (QED) is 0.777. The first kappa shape index (κ1) is 15.9. The number of carboxylic acids is 1. The number of benzene rings is 1. The molecule has 1 rings (SSSR count). The van der Waals surface area contributed by atoms with Crippen molar-refractivity contribution >= 4 is 17.7 Å². The molecule has 6 heteroatoms. The van der Waals surface area contributed by atoms with E-state index in [0.717, 1.165) is 0 Å². The minimum absolute atomic E-state index is 0.273. The lowest BCUT2D eigenvalue weighted by Crippen LogP contribution is -2.53. The molecular formula is C14H19FN2O3. The Morgan fingerprint density at radius 3 is 2.55 bits per heavy atom. The molecule has 0 aliphatic rings. The van der Waals surface area contributed by atoms with E-state index in [2.05, 4.69) is 10.6 Å². The molecule has 0 saturated heterocycles. The number of carboxylic acid groups (broad SMARTS) is 1. The van der Waals surface area contributed by atoms with Gasteiger partial charge in [-0.15, -0.1) is 0 Å². The Morgan fingerprint density at radius 1 is 1.40 bits per heavy atom. The number of aryl methyl sites for hydroxylation is 1. The minimum Gasteiger partial charge on any atom is -0.480 e. The Bertz CT molecular complexity index is 519. The third-order valence-electron chi connectivity index (χ3n) is 3.04. The van der Waals surface area contributed by atoms with Gasteiger partial charge in [0.05, 0.1) is 0 Å². The number of aliphatic carboxylic acids is 1. The van der Waals surface area contributed by atoms with Crippen LogP contribution in [0, 0.1) is 12.7 Å². The van der Waals surface area contributed by atoms with Crippen LogP contribution in [0.15, 0.2) is 18.2 Å². The van der Waals surface area contributed by atoms with Crippen LogP contribution < -0.4 is 10.6 Å². The lowest BCUT2D eigenvalue weighted by molar-refractivity contribution is -0.143. The van der Waals surface area contributed by atoms with Crippen molar-refractivity contribution in [2.45, 2.75) is 39.2 Å². The molecule has 110 valence electrons. The van der Waals surface area contributed by atoms with Gasteiger partial charge in [-0.3, -0.25) is 0 Å². The molecule has 0 aliphatic heterocycles. The Kier molecular flexibility index (Phi) is 5.07. The molecule has 2 amide bonds. The van der Waals surface area contributed by atoms with Crippen LogP contribution in [0.4, 0.5) is 14.9 Å². The summed E-state index contributed by atoms with van der Waals surface area (Å²) in [5.41, 5.74) is -0.602. The van der Waals surface area contributed by atoms with Crippen molar-refractivity contribution in [1.29, 1.82) is 0 Å². The highest BCUT2D eigenvalue weighted by Crippen LogP contribution is 2.15. The van der Waals surface area contributed by atoms with Crippen LogP contribution in [0.5, 0.6) is 0 Å². The molecule has 0 aliphatic carbocycles. The van der Waals surface area contributed by atoms with Gasteiger partial charge in [-0.25, -0.2) is 14.0 Å². The molecule has 0 fully saturated rings. The second kappa shape index (κ2) is 6.36. The third kappa shape index (κ3) is 3.94.